The van der Waals surface area contributed by atoms with Crippen LogP contribution in [0.25, 0.3) is 0 Å². The number of rotatable bonds is 9. The molecule has 1 aliphatic carbocycles. The first-order valence-electron chi connectivity index (χ1n) is 7.35. The van der Waals surface area contributed by atoms with Crippen molar-refractivity contribution in [3.63, 3.8) is 0 Å². The summed E-state index contributed by atoms with van der Waals surface area (Å²) in [4.78, 5) is 16.0. The van der Waals surface area contributed by atoms with Crippen molar-refractivity contribution >= 4 is 11.6 Å². The van der Waals surface area contributed by atoms with Gasteiger partial charge in [-0.05, 0) is 44.2 Å². The number of carbonyl (C=O) groups is 1. The van der Waals surface area contributed by atoms with Gasteiger partial charge < -0.3 is 15.4 Å². The zero-order chi connectivity index (χ0) is 14.2. The fraction of sp³-hybridized carbons (Fsp3) is 0.600. The molecule has 110 valence electrons. The molecule has 20 heavy (non-hydrogen) atoms. The van der Waals surface area contributed by atoms with E-state index in [1.165, 1.54) is 12.8 Å². The first-order valence-corrected chi connectivity index (χ1v) is 7.35. The Morgan fingerprint density at radius 1 is 1.50 bits per heavy atom. The molecule has 1 fully saturated rings. The molecule has 0 aromatic carbocycles. The molecule has 0 radical (unpaired) electrons. The number of amides is 1. The molecule has 0 unspecified atom stereocenters. The topological polar surface area (TPSA) is 63.2 Å². The van der Waals surface area contributed by atoms with Crippen LogP contribution in [0.1, 0.15) is 36.7 Å². The van der Waals surface area contributed by atoms with Crippen molar-refractivity contribution in [1.82, 2.24) is 10.3 Å². The van der Waals surface area contributed by atoms with Crippen LogP contribution in [-0.2, 0) is 4.74 Å². The second kappa shape index (κ2) is 7.85. The van der Waals surface area contributed by atoms with Crippen LogP contribution < -0.4 is 10.6 Å². The Labute approximate surface area is 120 Å². The van der Waals surface area contributed by atoms with Crippen molar-refractivity contribution in [3.05, 3.63) is 24.0 Å². The van der Waals surface area contributed by atoms with Crippen molar-refractivity contribution in [2.75, 3.05) is 31.6 Å². The number of hydrogen-bond acceptors (Lipinski definition) is 4. The summed E-state index contributed by atoms with van der Waals surface area (Å²) in [5.41, 5.74) is 1.36. The number of anilines is 1. The third kappa shape index (κ3) is 5.17. The van der Waals surface area contributed by atoms with E-state index in [1.54, 1.807) is 12.3 Å². The average Bonchev–Trinajstić information content (AvgIpc) is 3.27. The summed E-state index contributed by atoms with van der Waals surface area (Å²) < 4.78 is 5.52. The molecule has 0 aliphatic heterocycles. The first-order chi connectivity index (χ1) is 9.79. The zero-order valence-electron chi connectivity index (χ0n) is 12.0. The lowest BCUT2D eigenvalue weighted by Gasteiger charge is -2.07. The largest absolute Gasteiger partial charge is 0.385 e. The van der Waals surface area contributed by atoms with Gasteiger partial charge in [0.25, 0.3) is 5.91 Å². The summed E-state index contributed by atoms with van der Waals surface area (Å²) in [6.07, 6.45) is 5.10. The van der Waals surface area contributed by atoms with Crippen LogP contribution in [0, 0.1) is 5.92 Å². The molecule has 1 aromatic rings. The SMILES string of the molecule is CCNc1ccnc(C(=O)NCCCOCC2CC2)c1. The zero-order valence-corrected chi connectivity index (χ0v) is 12.0. The van der Waals surface area contributed by atoms with E-state index in [0.717, 1.165) is 31.2 Å². The highest BCUT2D eigenvalue weighted by atomic mass is 16.5. The number of pyridine rings is 1. The van der Waals surface area contributed by atoms with Crippen LogP contribution in [0.15, 0.2) is 18.3 Å². The first kappa shape index (κ1) is 14.8. The number of nitrogens with one attached hydrogen (secondary N) is 2. The van der Waals surface area contributed by atoms with Crippen LogP contribution in [0.4, 0.5) is 5.69 Å². The molecule has 0 spiro atoms. The molecule has 1 heterocycles. The van der Waals surface area contributed by atoms with Gasteiger partial charge in [-0.1, -0.05) is 0 Å². The lowest BCUT2D eigenvalue weighted by atomic mass is 10.3. The standard InChI is InChI=1S/C15H23N3O2/c1-2-16-13-6-8-17-14(10-13)15(19)18-7-3-9-20-11-12-4-5-12/h6,8,10,12H,2-5,7,9,11H2,1H3,(H,16,17)(H,18,19). The minimum absolute atomic E-state index is 0.132. The second-order valence-electron chi connectivity index (χ2n) is 5.09. The molecule has 0 atom stereocenters. The quantitative estimate of drug-likeness (QED) is 0.678. The van der Waals surface area contributed by atoms with Gasteiger partial charge in [-0.2, -0.15) is 0 Å². The molecule has 1 aromatic heterocycles. The Bertz CT molecular complexity index is 433. The van der Waals surface area contributed by atoms with E-state index in [-0.39, 0.29) is 5.91 Å². The number of ether oxygens (including phenoxy) is 1. The average molecular weight is 277 g/mol. The van der Waals surface area contributed by atoms with Gasteiger partial charge in [0.2, 0.25) is 0 Å². The summed E-state index contributed by atoms with van der Waals surface area (Å²) in [5.74, 6) is 0.662. The van der Waals surface area contributed by atoms with E-state index in [9.17, 15) is 4.79 Å². The highest BCUT2D eigenvalue weighted by Crippen LogP contribution is 2.28. The smallest absolute Gasteiger partial charge is 0.269 e. The molecule has 5 heteroatoms. The van der Waals surface area contributed by atoms with E-state index >= 15 is 0 Å². The summed E-state index contributed by atoms with van der Waals surface area (Å²) >= 11 is 0. The maximum Gasteiger partial charge on any atom is 0.269 e. The van der Waals surface area contributed by atoms with Gasteiger partial charge in [0.05, 0.1) is 0 Å². The van der Waals surface area contributed by atoms with Gasteiger partial charge in [-0.15, -0.1) is 0 Å². The monoisotopic (exact) mass is 277 g/mol. The maximum absolute atomic E-state index is 11.9. The molecular weight excluding hydrogens is 254 g/mol. The normalized spacial score (nSPS) is 14.1. The van der Waals surface area contributed by atoms with Gasteiger partial charge in [0.15, 0.2) is 0 Å². The van der Waals surface area contributed by atoms with Gasteiger partial charge in [-0.25, -0.2) is 0 Å². The number of aromatic nitrogens is 1. The molecule has 2 rings (SSSR count). The third-order valence-electron chi connectivity index (χ3n) is 3.17. The number of carbonyl (C=O) groups excluding carboxylic acids is 1. The highest BCUT2D eigenvalue weighted by Gasteiger charge is 2.20. The van der Waals surface area contributed by atoms with Crippen LogP contribution in [0.3, 0.4) is 0 Å². The number of hydrogen-bond donors (Lipinski definition) is 2. The molecular formula is C15H23N3O2. The van der Waals surface area contributed by atoms with Crippen molar-refractivity contribution in [3.8, 4) is 0 Å². The minimum atomic E-state index is -0.132. The van der Waals surface area contributed by atoms with E-state index in [4.69, 9.17) is 4.74 Å². The lowest BCUT2D eigenvalue weighted by Crippen LogP contribution is -2.26. The predicted molar refractivity (Wildman–Crippen MR) is 78.9 cm³/mol. The number of nitrogens with zero attached hydrogens (tertiary/aromatic N) is 1. The fourth-order valence-electron chi connectivity index (χ4n) is 1.87. The highest BCUT2D eigenvalue weighted by molar-refractivity contribution is 5.93. The summed E-state index contributed by atoms with van der Waals surface area (Å²) in [7, 11) is 0. The van der Waals surface area contributed by atoms with Crippen molar-refractivity contribution < 1.29 is 9.53 Å². The van der Waals surface area contributed by atoms with Crippen LogP contribution in [0.5, 0.6) is 0 Å². The van der Waals surface area contributed by atoms with E-state index < -0.39 is 0 Å². The molecule has 0 saturated heterocycles. The molecule has 2 N–H and O–H groups in total. The Morgan fingerprint density at radius 2 is 2.35 bits per heavy atom. The van der Waals surface area contributed by atoms with Crippen LogP contribution in [-0.4, -0.2) is 37.2 Å². The predicted octanol–water partition coefficient (Wildman–Crippen LogP) is 2.06. The Morgan fingerprint density at radius 3 is 3.10 bits per heavy atom. The molecule has 1 saturated carbocycles. The van der Waals surface area contributed by atoms with Gasteiger partial charge >= 0.3 is 0 Å². The molecule has 0 bridgehead atoms. The van der Waals surface area contributed by atoms with Crippen molar-refractivity contribution in [2.24, 2.45) is 5.92 Å². The summed E-state index contributed by atoms with van der Waals surface area (Å²) in [5, 5.41) is 6.03. The minimum Gasteiger partial charge on any atom is -0.385 e. The molecule has 1 aliphatic rings. The maximum atomic E-state index is 11.9. The molecule has 5 nitrogen and oxygen atoms in total. The Kier molecular flexibility index (Phi) is 5.80. The van der Waals surface area contributed by atoms with Crippen LogP contribution >= 0.6 is 0 Å². The van der Waals surface area contributed by atoms with Crippen molar-refractivity contribution in [1.29, 1.82) is 0 Å². The Hall–Kier alpha value is -1.62. The lowest BCUT2D eigenvalue weighted by molar-refractivity contribution is 0.0932. The van der Waals surface area contributed by atoms with Gasteiger partial charge in [0.1, 0.15) is 5.69 Å². The summed E-state index contributed by atoms with van der Waals surface area (Å²) in [6.45, 7) is 5.05. The third-order valence-corrected chi connectivity index (χ3v) is 3.17. The van der Waals surface area contributed by atoms with Gasteiger partial charge in [-0.3, -0.25) is 9.78 Å². The Balaban J connectivity index is 1.64. The fourth-order valence-corrected chi connectivity index (χ4v) is 1.87. The van der Waals surface area contributed by atoms with E-state index in [0.29, 0.717) is 18.8 Å². The van der Waals surface area contributed by atoms with Crippen molar-refractivity contribution in [2.45, 2.75) is 26.2 Å². The van der Waals surface area contributed by atoms with Gasteiger partial charge in [0, 0.05) is 38.2 Å². The van der Waals surface area contributed by atoms with Crippen LogP contribution in [0.2, 0.25) is 0 Å². The summed E-state index contributed by atoms with van der Waals surface area (Å²) in [6, 6.07) is 3.62. The molecule has 1 amide bonds. The second-order valence-corrected chi connectivity index (χ2v) is 5.09. The van der Waals surface area contributed by atoms with E-state index in [2.05, 4.69) is 15.6 Å². The van der Waals surface area contributed by atoms with E-state index in [1.807, 2.05) is 13.0 Å².